The molecule has 0 aliphatic carbocycles. The molecule has 0 atom stereocenters. The molecule has 1 heterocycles. The van der Waals surface area contributed by atoms with Crippen LogP contribution >= 0.6 is 11.6 Å². The van der Waals surface area contributed by atoms with Gasteiger partial charge in [-0.1, -0.05) is 23.7 Å². The van der Waals surface area contributed by atoms with Crippen molar-refractivity contribution in [2.45, 2.75) is 0 Å². The second-order valence-corrected chi connectivity index (χ2v) is 3.98. The highest BCUT2D eigenvalue weighted by atomic mass is 35.5. The van der Waals surface area contributed by atoms with E-state index in [1.807, 2.05) is 24.3 Å². The molecule has 6 heteroatoms. The first kappa shape index (κ1) is 12.7. The predicted octanol–water partition coefficient (Wildman–Crippen LogP) is 2.87. The third kappa shape index (κ3) is 2.92. The number of halogens is 1. The van der Waals surface area contributed by atoms with E-state index in [0.717, 1.165) is 5.69 Å². The fourth-order valence-corrected chi connectivity index (χ4v) is 1.60. The van der Waals surface area contributed by atoms with E-state index in [2.05, 4.69) is 10.4 Å². The Morgan fingerprint density at radius 2 is 2.05 bits per heavy atom. The quantitative estimate of drug-likeness (QED) is 0.869. The van der Waals surface area contributed by atoms with E-state index in [1.165, 1.54) is 12.4 Å². The van der Waals surface area contributed by atoms with Crippen molar-refractivity contribution in [2.24, 2.45) is 0 Å². The van der Waals surface area contributed by atoms with Crippen molar-refractivity contribution < 1.29 is 0 Å². The number of hydrogen-bond donors (Lipinski definition) is 1. The number of hydrogen-bond acceptors (Lipinski definition) is 4. The topological polar surface area (TPSA) is 77.4 Å². The molecule has 0 fully saturated rings. The summed E-state index contributed by atoms with van der Waals surface area (Å²) in [5.74, 6) is 0. The van der Waals surface area contributed by atoms with E-state index in [1.54, 1.807) is 23.0 Å². The second-order valence-electron chi connectivity index (χ2n) is 3.55. The van der Waals surface area contributed by atoms with Crippen molar-refractivity contribution in [1.29, 1.82) is 10.5 Å². The summed E-state index contributed by atoms with van der Waals surface area (Å²) >= 11 is 5.83. The van der Waals surface area contributed by atoms with E-state index in [-0.39, 0.29) is 5.57 Å². The molecular weight excluding hydrogens is 262 g/mol. The van der Waals surface area contributed by atoms with E-state index >= 15 is 0 Å². The molecule has 0 aliphatic heterocycles. The summed E-state index contributed by atoms with van der Waals surface area (Å²) in [6.07, 6.45) is 4.55. The Labute approximate surface area is 115 Å². The number of rotatable bonds is 3. The highest BCUT2D eigenvalue weighted by Gasteiger charge is 2.04. The lowest BCUT2D eigenvalue weighted by atomic mass is 10.2. The standard InChI is InChI=1S/C13H8ClN5/c14-11-8-18-19(9-11)13-4-2-1-3-12(13)17-7-10(5-15)6-16/h1-4,7-9,17H. The Balaban J connectivity index is 2.36. The summed E-state index contributed by atoms with van der Waals surface area (Å²) in [4.78, 5) is 0. The highest BCUT2D eigenvalue weighted by molar-refractivity contribution is 6.30. The number of anilines is 1. The molecule has 0 unspecified atom stereocenters. The summed E-state index contributed by atoms with van der Waals surface area (Å²) < 4.78 is 1.61. The lowest BCUT2D eigenvalue weighted by Gasteiger charge is -2.08. The Hall–Kier alpha value is -2.76. The van der Waals surface area contributed by atoms with Gasteiger partial charge >= 0.3 is 0 Å². The average Bonchev–Trinajstić information content (AvgIpc) is 2.87. The van der Waals surface area contributed by atoms with Gasteiger partial charge in [-0.2, -0.15) is 15.6 Å². The number of benzene rings is 1. The van der Waals surface area contributed by atoms with Crippen LogP contribution < -0.4 is 5.32 Å². The molecule has 1 aromatic heterocycles. The smallest absolute Gasteiger partial charge is 0.145 e. The zero-order valence-corrected chi connectivity index (χ0v) is 10.5. The molecule has 92 valence electrons. The lowest BCUT2D eigenvalue weighted by Crippen LogP contribution is -2.00. The van der Waals surface area contributed by atoms with E-state index < -0.39 is 0 Å². The van der Waals surface area contributed by atoms with Gasteiger partial charge in [0.2, 0.25) is 0 Å². The van der Waals surface area contributed by atoms with Crippen LogP contribution in [-0.2, 0) is 0 Å². The van der Waals surface area contributed by atoms with Gasteiger partial charge < -0.3 is 5.32 Å². The van der Waals surface area contributed by atoms with Gasteiger partial charge in [0.15, 0.2) is 0 Å². The van der Waals surface area contributed by atoms with Crippen molar-refractivity contribution in [2.75, 3.05) is 5.32 Å². The molecule has 0 saturated heterocycles. The maximum atomic E-state index is 8.68. The third-order valence-corrected chi connectivity index (χ3v) is 2.51. The van der Waals surface area contributed by atoms with Crippen LogP contribution in [0, 0.1) is 22.7 Å². The van der Waals surface area contributed by atoms with Gasteiger partial charge in [0.1, 0.15) is 17.7 Å². The van der Waals surface area contributed by atoms with Crippen molar-refractivity contribution in [3.8, 4) is 17.8 Å². The molecule has 1 aromatic carbocycles. The molecule has 2 aromatic rings. The van der Waals surface area contributed by atoms with E-state index in [4.69, 9.17) is 22.1 Å². The first-order valence-electron chi connectivity index (χ1n) is 5.31. The Kier molecular flexibility index (Phi) is 3.82. The van der Waals surface area contributed by atoms with Crippen LogP contribution in [0.4, 0.5) is 5.69 Å². The Bertz CT molecular complexity index is 686. The van der Waals surface area contributed by atoms with Crippen LogP contribution in [0.2, 0.25) is 5.02 Å². The summed E-state index contributed by atoms with van der Waals surface area (Å²) in [5.41, 5.74) is 1.47. The number of para-hydroxylation sites is 2. The van der Waals surface area contributed by atoms with Crippen LogP contribution in [0.3, 0.4) is 0 Å². The maximum absolute atomic E-state index is 8.68. The Morgan fingerprint density at radius 3 is 2.68 bits per heavy atom. The van der Waals surface area contributed by atoms with Gasteiger partial charge in [-0.15, -0.1) is 0 Å². The Morgan fingerprint density at radius 1 is 1.32 bits per heavy atom. The average molecular weight is 270 g/mol. The maximum Gasteiger partial charge on any atom is 0.145 e. The molecule has 0 aliphatic rings. The fraction of sp³-hybridized carbons (Fsp3) is 0. The van der Waals surface area contributed by atoms with Crippen molar-refractivity contribution in [1.82, 2.24) is 9.78 Å². The molecule has 19 heavy (non-hydrogen) atoms. The fourth-order valence-electron chi connectivity index (χ4n) is 1.47. The molecule has 1 N–H and O–H groups in total. The zero-order chi connectivity index (χ0) is 13.7. The third-order valence-electron chi connectivity index (χ3n) is 2.31. The predicted molar refractivity (Wildman–Crippen MR) is 71.5 cm³/mol. The minimum absolute atomic E-state index is 0.00620. The molecule has 5 nitrogen and oxygen atoms in total. The number of nitrogens with one attached hydrogen (secondary N) is 1. The SMILES string of the molecule is N#CC(C#N)=CNc1ccccc1-n1cc(Cl)cn1. The normalized spacial score (nSPS) is 9.21. The van der Waals surface area contributed by atoms with Crippen LogP contribution in [-0.4, -0.2) is 9.78 Å². The first-order chi connectivity index (χ1) is 9.24. The van der Waals surface area contributed by atoms with Crippen LogP contribution in [0.5, 0.6) is 0 Å². The van der Waals surface area contributed by atoms with Crippen LogP contribution in [0.15, 0.2) is 48.4 Å². The summed E-state index contributed by atoms with van der Waals surface area (Å²) in [5, 5.41) is 24.9. The van der Waals surface area contributed by atoms with Gasteiger partial charge in [0, 0.05) is 12.4 Å². The zero-order valence-electron chi connectivity index (χ0n) is 9.71. The molecule has 2 rings (SSSR count). The second kappa shape index (κ2) is 5.72. The molecule has 0 saturated carbocycles. The molecular formula is C13H8ClN5. The van der Waals surface area contributed by atoms with Gasteiger partial charge in [-0.25, -0.2) is 4.68 Å². The monoisotopic (exact) mass is 269 g/mol. The van der Waals surface area contributed by atoms with Crippen molar-refractivity contribution in [3.63, 3.8) is 0 Å². The first-order valence-corrected chi connectivity index (χ1v) is 5.69. The van der Waals surface area contributed by atoms with Crippen molar-refractivity contribution >= 4 is 17.3 Å². The molecule has 0 radical (unpaired) electrons. The molecule has 0 spiro atoms. The molecule has 0 bridgehead atoms. The highest BCUT2D eigenvalue weighted by Crippen LogP contribution is 2.21. The number of aromatic nitrogens is 2. The molecule has 0 amide bonds. The van der Waals surface area contributed by atoms with Gasteiger partial charge in [-0.05, 0) is 12.1 Å². The van der Waals surface area contributed by atoms with Gasteiger partial charge in [-0.3, -0.25) is 0 Å². The van der Waals surface area contributed by atoms with Crippen molar-refractivity contribution in [3.05, 3.63) is 53.5 Å². The minimum Gasteiger partial charge on any atom is -0.358 e. The van der Waals surface area contributed by atoms with Crippen LogP contribution in [0.1, 0.15) is 0 Å². The van der Waals surface area contributed by atoms with E-state index in [0.29, 0.717) is 10.7 Å². The van der Waals surface area contributed by atoms with E-state index in [9.17, 15) is 0 Å². The minimum atomic E-state index is -0.00620. The largest absolute Gasteiger partial charge is 0.358 e. The summed E-state index contributed by atoms with van der Waals surface area (Å²) in [6.45, 7) is 0. The van der Waals surface area contributed by atoms with Gasteiger partial charge in [0.05, 0.1) is 22.6 Å². The lowest BCUT2D eigenvalue weighted by molar-refractivity contribution is 0.882. The summed E-state index contributed by atoms with van der Waals surface area (Å²) in [7, 11) is 0. The summed E-state index contributed by atoms with van der Waals surface area (Å²) in [6, 6.07) is 10.9. The number of nitrogens with zero attached hydrogens (tertiary/aromatic N) is 4. The van der Waals surface area contributed by atoms with Gasteiger partial charge in [0.25, 0.3) is 0 Å². The van der Waals surface area contributed by atoms with Crippen LogP contribution in [0.25, 0.3) is 5.69 Å². The number of nitriles is 2. The number of allylic oxidation sites excluding steroid dienone is 1.